The van der Waals surface area contributed by atoms with Crippen LogP contribution < -0.4 is 0 Å². The second-order valence-corrected chi connectivity index (χ2v) is 6.46. The monoisotopic (exact) mass is 328 g/mol. The highest BCUT2D eigenvalue weighted by molar-refractivity contribution is 7.98. The van der Waals surface area contributed by atoms with Gasteiger partial charge < -0.3 is 4.57 Å². The minimum Gasteiger partial charge on any atom is -0.311 e. The lowest BCUT2D eigenvalue weighted by atomic mass is 10.2. The van der Waals surface area contributed by atoms with Crippen LogP contribution in [-0.2, 0) is 12.8 Å². The maximum Gasteiger partial charge on any atom is 0.236 e. The molecule has 0 aliphatic heterocycles. The highest BCUT2D eigenvalue weighted by Gasteiger charge is 2.14. The van der Waals surface area contributed by atoms with E-state index in [2.05, 4.69) is 31.3 Å². The Balaban J connectivity index is 1.73. The van der Waals surface area contributed by atoms with Gasteiger partial charge in [-0.15, -0.1) is 10.2 Å². The van der Waals surface area contributed by atoms with E-state index >= 15 is 0 Å². The van der Waals surface area contributed by atoms with E-state index in [1.54, 1.807) is 11.8 Å². The number of halogens is 1. The molecule has 0 fully saturated rings. The lowest BCUT2D eigenvalue weighted by Crippen LogP contribution is -1.88. The zero-order chi connectivity index (χ0) is 15.1. The molecule has 22 heavy (non-hydrogen) atoms. The molecule has 0 aliphatic carbocycles. The van der Waals surface area contributed by atoms with Crippen molar-refractivity contribution in [2.45, 2.75) is 10.9 Å². The number of hydrogen-bond acceptors (Lipinski definition) is 3. The van der Waals surface area contributed by atoms with Crippen molar-refractivity contribution in [2.24, 2.45) is 7.05 Å². The topological polar surface area (TPSA) is 35.1 Å². The van der Waals surface area contributed by atoms with Crippen molar-refractivity contribution >= 4 is 40.2 Å². The van der Waals surface area contributed by atoms with Crippen molar-refractivity contribution in [3.05, 3.63) is 59.1 Å². The largest absolute Gasteiger partial charge is 0.311 e. The van der Waals surface area contributed by atoms with Gasteiger partial charge in [0.2, 0.25) is 5.78 Å². The number of fused-ring (bicyclic) bond motifs is 3. The molecule has 2 aromatic carbocycles. The molecule has 110 valence electrons. The number of nitrogens with zero attached hydrogens (tertiary/aromatic N) is 4. The number of thioether (sulfide) groups is 1. The minimum atomic E-state index is 0.757. The summed E-state index contributed by atoms with van der Waals surface area (Å²) < 4.78 is 4.17. The molecular weight excluding hydrogens is 316 g/mol. The van der Waals surface area contributed by atoms with Gasteiger partial charge in [-0.05, 0) is 29.8 Å². The van der Waals surface area contributed by atoms with Crippen LogP contribution in [0.1, 0.15) is 5.56 Å². The summed E-state index contributed by atoms with van der Waals surface area (Å²) in [5, 5.41) is 10.3. The van der Waals surface area contributed by atoms with Gasteiger partial charge in [0, 0.05) is 17.8 Å². The molecule has 2 aromatic heterocycles. The van der Waals surface area contributed by atoms with Gasteiger partial charge in [0.05, 0.1) is 11.0 Å². The Morgan fingerprint density at radius 2 is 1.73 bits per heavy atom. The summed E-state index contributed by atoms with van der Waals surface area (Å²) in [5.74, 6) is 1.70. The highest BCUT2D eigenvalue weighted by atomic mass is 35.5. The van der Waals surface area contributed by atoms with Crippen molar-refractivity contribution in [1.82, 2.24) is 19.2 Å². The van der Waals surface area contributed by atoms with Gasteiger partial charge in [0.15, 0.2) is 5.16 Å². The van der Waals surface area contributed by atoms with Gasteiger partial charge in [-0.1, -0.05) is 47.6 Å². The zero-order valence-electron chi connectivity index (χ0n) is 11.9. The summed E-state index contributed by atoms with van der Waals surface area (Å²) in [6, 6.07) is 16.2. The predicted molar refractivity (Wildman–Crippen MR) is 90.5 cm³/mol. The summed E-state index contributed by atoms with van der Waals surface area (Å²) in [5.41, 5.74) is 3.50. The van der Waals surface area contributed by atoms with E-state index in [1.165, 1.54) is 5.56 Å². The third-order valence-corrected chi connectivity index (χ3v) is 4.93. The van der Waals surface area contributed by atoms with Crippen molar-refractivity contribution in [2.75, 3.05) is 0 Å². The molecule has 6 heteroatoms. The molecule has 0 aliphatic rings. The van der Waals surface area contributed by atoms with Crippen molar-refractivity contribution in [3.8, 4) is 0 Å². The van der Waals surface area contributed by atoms with E-state index in [0.29, 0.717) is 0 Å². The molecule has 2 heterocycles. The molecule has 4 rings (SSSR count). The Morgan fingerprint density at radius 1 is 1.00 bits per heavy atom. The number of hydrogen-bond donors (Lipinski definition) is 0. The fourth-order valence-electron chi connectivity index (χ4n) is 2.56. The van der Waals surface area contributed by atoms with E-state index in [-0.39, 0.29) is 0 Å². The molecule has 0 atom stereocenters. The molecule has 4 nitrogen and oxygen atoms in total. The van der Waals surface area contributed by atoms with Crippen molar-refractivity contribution in [1.29, 1.82) is 0 Å². The van der Waals surface area contributed by atoms with Gasteiger partial charge in [0.25, 0.3) is 0 Å². The third-order valence-electron chi connectivity index (χ3n) is 3.68. The van der Waals surface area contributed by atoms with Crippen LogP contribution in [0, 0.1) is 0 Å². The van der Waals surface area contributed by atoms with E-state index < -0.39 is 0 Å². The maximum absolute atomic E-state index is 5.92. The van der Waals surface area contributed by atoms with Crippen LogP contribution >= 0.6 is 23.4 Å². The molecule has 4 aromatic rings. The maximum atomic E-state index is 5.92. The summed E-state index contributed by atoms with van der Waals surface area (Å²) in [6.07, 6.45) is 0. The molecule has 0 N–H and O–H groups in total. The molecule has 0 spiro atoms. The first-order valence-electron chi connectivity index (χ1n) is 6.90. The van der Waals surface area contributed by atoms with Crippen LogP contribution in [0.25, 0.3) is 16.8 Å². The second-order valence-electron chi connectivity index (χ2n) is 5.08. The summed E-state index contributed by atoms with van der Waals surface area (Å²) in [6.45, 7) is 0. The normalized spacial score (nSPS) is 11.5. The number of imidazole rings is 1. The van der Waals surface area contributed by atoms with Crippen LogP contribution in [0.4, 0.5) is 0 Å². The Labute approximate surface area is 136 Å². The van der Waals surface area contributed by atoms with E-state index in [4.69, 9.17) is 11.6 Å². The summed E-state index contributed by atoms with van der Waals surface area (Å²) in [4.78, 5) is 0. The number of rotatable bonds is 3. The zero-order valence-corrected chi connectivity index (χ0v) is 13.5. The second kappa shape index (κ2) is 5.34. The third kappa shape index (κ3) is 2.17. The quantitative estimate of drug-likeness (QED) is 0.529. The highest BCUT2D eigenvalue weighted by Crippen LogP contribution is 2.27. The summed E-state index contributed by atoms with van der Waals surface area (Å²) >= 11 is 7.60. The van der Waals surface area contributed by atoms with Crippen molar-refractivity contribution < 1.29 is 0 Å². The van der Waals surface area contributed by atoms with Crippen LogP contribution in [0.3, 0.4) is 0 Å². The number of aromatic nitrogens is 4. The summed E-state index contributed by atoms with van der Waals surface area (Å²) in [7, 11) is 2.01. The average molecular weight is 329 g/mol. The first kappa shape index (κ1) is 13.7. The van der Waals surface area contributed by atoms with Crippen LogP contribution in [0.2, 0.25) is 5.02 Å². The van der Waals surface area contributed by atoms with Crippen molar-refractivity contribution in [3.63, 3.8) is 0 Å². The lowest BCUT2D eigenvalue weighted by molar-refractivity contribution is 0.936. The molecular formula is C16H13ClN4S. The smallest absolute Gasteiger partial charge is 0.236 e. The van der Waals surface area contributed by atoms with Gasteiger partial charge in [0.1, 0.15) is 0 Å². The van der Waals surface area contributed by atoms with Gasteiger partial charge in [-0.25, -0.2) is 0 Å². The van der Waals surface area contributed by atoms with Gasteiger partial charge in [-0.2, -0.15) is 0 Å². The SMILES string of the molecule is Cn1c2ccccc2n2c(SCc3ccc(Cl)cc3)nnc12. The van der Waals surface area contributed by atoms with Crippen LogP contribution in [0.5, 0.6) is 0 Å². The van der Waals surface area contributed by atoms with Crippen LogP contribution in [-0.4, -0.2) is 19.2 Å². The van der Waals surface area contributed by atoms with E-state index in [9.17, 15) is 0 Å². The fraction of sp³-hybridized carbons (Fsp3) is 0.125. The fourth-order valence-corrected chi connectivity index (χ4v) is 3.58. The molecule has 0 radical (unpaired) electrons. The minimum absolute atomic E-state index is 0.757. The lowest BCUT2D eigenvalue weighted by Gasteiger charge is -2.00. The van der Waals surface area contributed by atoms with Crippen LogP contribution in [0.15, 0.2) is 53.7 Å². The predicted octanol–water partition coefficient (Wildman–Crippen LogP) is 4.17. The van der Waals surface area contributed by atoms with Gasteiger partial charge >= 0.3 is 0 Å². The first-order chi connectivity index (χ1) is 10.7. The average Bonchev–Trinajstić information content (AvgIpc) is 3.08. The Kier molecular flexibility index (Phi) is 3.32. The number of para-hydroxylation sites is 2. The molecule has 0 saturated heterocycles. The standard InChI is InChI=1S/C16H13ClN4S/c1-20-13-4-2-3-5-14(13)21-15(20)18-19-16(21)22-10-11-6-8-12(17)9-7-11/h2-9H,10H2,1H3. The Hall–Kier alpha value is -1.98. The first-order valence-corrected chi connectivity index (χ1v) is 8.26. The molecule has 0 saturated carbocycles. The molecule has 0 unspecified atom stereocenters. The van der Waals surface area contributed by atoms with Gasteiger partial charge in [-0.3, -0.25) is 4.40 Å². The van der Waals surface area contributed by atoms with E-state index in [0.717, 1.165) is 32.7 Å². The Morgan fingerprint density at radius 3 is 2.50 bits per heavy atom. The molecule has 0 bridgehead atoms. The Bertz CT molecular complexity index is 956. The number of benzene rings is 2. The molecule has 0 amide bonds. The number of aryl methyl sites for hydroxylation is 1. The van der Waals surface area contributed by atoms with E-state index in [1.807, 2.05) is 43.4 Å².